The molecule has 3 atom stereocenters. The van der Waals surface area contributed by atoms with Gasteiger partial charge in [-0.3, -0.25) is 14.4 Å². The van der Waals surface area contributed by atoms with Crippen LogP contribution in [0.1, 0.15) is 47.0 Å². The number of nitrogens with one attached hydrogen (secondary N) is 1. The first kappa shape index (κ1) is 33.2. The highest BCUT2D eigenvalue weighted by Gasteiger charge is 2.40. The van der Waals surface area contributed by atoms with Crippen LogP contribution >= 0.6 is 0 Å². The van der Waals surface area contributed by atoms with Crippen LogP contribution in [0, 0.1) is 5.41 Å². The maximum absolute atomic E-state index is 13.0. The summed E-state index contributed by atoms with van der Waals surface area (Å²) in [5, 5.41) is 21.2. The molecule has 216 valence electrons. The SMILES string of the molecule is C[C@@H]1CC(O)CN1C(=O)[C@@H](NC(=O)CCOCCOCCOCCOCCOCCC(=O)O)C(C)(C)C. The van der Waals surface area contributed by atoms with E-state index in [0.717, 1.165) is 0 Å². The minimum atomic E-state index is -0.889. The van der Waals surface area contributed by atoms with E-state index in [1.54, 1.807) is 4.90 Å². The molecule has 37 heavy (non-hydrogen) atoms. The molecule has 1 rings (SSSR count). The molecule has 2 amide bonds. The Labute approximate surface area is 219 Å². The summed E-state index contributed by atoms with van der Waals surface area (Å²) in [5.74, 6) is -1.32. The van der Waals surface area contributed by atoms with Gasteiger partial charge >= 0.3 is 5.97 Å². The number of β-amino-alcohol motifs (C(OH)–C–C–N with tert-alkyl or cyclic N) is 1. The number of hydrogen-bond acceptors (Lipinski definition) is 9. The maximum atomic E-state index is 13.0. The van der Waals surface area contributed by atoms with E-state index < -0.39 is 23.5 Å². The van der Waals surface area contributed by atoms with Crippen LogP contribution in [0.25, 0.3) is 0 Å². The lowest BCUT2D eigenvalue weighted by Gasteiger charge is -2.35. The fraction of sp³-hybridized carbons (Fsp3) is 0.880. The lowest BCUT2D eigenvalue weighted by Crippen LogP contribution is -2.55. The van der Waals surface area contributed by atoms with Crippen LogP contribution in [0.2, 0.25) is 0 Å². The number of rotatable bonds is 20. The van der Waals surface area contributed by atoms with Gasteiger partial charge in [-0.15, -0.1) is 0 Å². The van der Waals surface area contributed by atoms with Crippen molar-refractivity contribution in [3.63, 3.8) is 0 Å². The lowest BCUT2D eigenvalue weighted by atomic mass is 9.85. The molecule has 0 aromatic rings. The van der Waals surface area contributed by atoms with E-state index in [0.29, 0.717) is 59.3 Å². The van der Waals surface area contributed by atoms with E-state index in [9.17, 15) is 19.5 Å². The van der Waals surface area contributed by atoms with Gasteiger partial charge in [0.2, 0.25) is 11.8 Å². The van der Waals surface area contributed by atoms with Crippen molar-refractivity contribution in [2.45, 2.75) is 65.1 Å². The highest BCUT2D eigenvalue weighted by molar-refractivity contribution is 5.88. The average Bonchev–Trinajstić information content (AvgIpc) is 3.15. The number of ether oxygens (including phenoxy) is 5. The number of carboxylic acid groups (broad SMARTS) is 1. The number of aliphatic hydroxyl groups excluding tert-OH is 1. The van der Waals surface area contributed by atoms with Crippen LogP contribution in [0.5, 0.6) is 0 Å². The second-order valence-corrected chi connectivity index (χ2v) is 10.1. The fourth-order valence-corrected chi connectivity index (χ4v) is 3.66. The highest BCUT2D eigenvalue weighted by Crippen LogP contribution is 2.25. The average molecular weight is 535 g/mol. The molecule has 1 aliphatic rings. The molecule has 12 nitrogen and oxygen atoms in total. The Kier molecular flexibility index (Phi) is 16.5. The molecule has 1 heterocycles. The molecule has 3 N–H and O–H groups in total. The largest absolute Gasteiger partial charge is 0.481 e. The molecular formula is C25H46N2O10. The van der Waals surface area contributed by atoms with E-state index in [4.69, 9.17) is 28.8 Å². The van der Waals surface area contributed by atoms with Crippen LogP contribution < -0.4 is 5.32 Å². The summed E-state index contributed by atoms with van der Waals surface area (Å²) in [6, 6.07) is -0.742. The second-order valence-electron chi connectivity index (χ2n) is 10.1. The summed E-state index contributed by atoms with van der Waals surface area (Å²) in [4.78, 5) is 37.5. The molecule has 12 heteroatoms. The smallest absolute Gasteiger partial charge is 0.305 e. The number of carbonyl (C=O) groups is 3. The third-order valence-electron chi connectivity index (χ3n) is 5.68. The third-order valence-corrected chi connectivity index (χ3v) is 5.68. The van der Waals surface area contributed by atoms with Crippen molar-refractivity contribution in [2.75, 3.05) is 72.6 Å². The Morgan fingerprint density at radius 2 is 1.27 bits per heavy atom. The molecule has 0 aromatic heterocycles. The van der Waals surface area contributed by atoms with Gasteiger partial charge in [-0.1, -0.05) is 20.8 Å². The number of aliphatic hydroxyl groups is 1. The number of carboxylic acids is 1. The van der Waals surface area contributed by atoms with Gasteiger partial charge in [0.25, 0.3) is 0 Å². The van der Waals surface area contributed by atoms with Crippen LogP contribution in [-0.4, -0.2) is 124 Å². The van der Waals surface area contributed by atoms with Crippen LogP contribution in [0.3, 0.4) is 0 Å². The maximum Gasteiger partial charge on any atom is 0.305 e. The summed E-state index contributed by atoms with van der Waals surface area (Å²) in [6.45, 7) is 11.4. The van der Waals surface area contributed by atoms with Crippen molar-refractivity contribution in [2.24, 2.45) is 5.41 Å². The van der Waals surface area contributed by atoms with Crippen LogP contribution in [0.4, 0.5) is 0 Å². The Hall–Kier alpha value is -1.83. The molecule has 0 saturated carbocycles. The molecule has 0 aromatic carbocycles. The van der Waals surface area contributed by atoms with Crippen molar-refractivity contribution in [1.29, 1.82) is 0 Å². The first-order valence-electron chi connectivity index (χ1n) is 12.9. The summed E-state index contributed by atoms with van der Waals surface area (Å²) >= 11 is 0. The molecule has 0 radical (unpaired) electrons. The number of carbonyl (C=O) groups excluding carboxylic acids is 2. The number of hydrogen-bond donors (Lipinski definition) is 3. The monoisotopic (exact) mass is 534 g/mol. The minimum Gasteiger partial charge on any atom is -0.481 e. The van der Waals surface area contributed by atoms with Crippen molar-refractivity contribution < 1.29 is 48.3 Å². The zero-order valence-corrected chi connectivity index (χ0v) is 22.7. The van der Waals surface area contributed by atoms with Gasteiger partial charge in [-0.25, -0.2) is 0 Å². The Balaban J connectivity index is 2.03. The summed E-state index contributed by atoms with van der Waals surface area (Å²) in [6.07, 6.45) is 0.128. The predicted molar refractivity (Wildman–Crippen MR) is 134 cm³/mol. The predicted octanol–water partition coefficient (Wildman–Crippen LogP) is 0.447. The van der Waals surface area contributed by atoms with Gasteiger partial charge in [0.1, 0.15) is 6.04 Å². The zero-order valence-electron chi connectivity index (χ0n) is 22.7. The lowest BCUT2D eigenvalue weighted by molar-refractivity contribution is -0.140. The minimum absolute atomic E-state index is 0.0189. The molecule has 1 fully saturated rings. The van der Waals surface area contributed by atoms with E-state index in [1.165, 1.54) is 0 Å². The highest BCUT2D eigenvalue weighted by atomic mass is 16.6. The second kappa shape index (κ2) is 18.4. The van der Waals surface area contributed by atoms with Crippen LogP contribution in [0.15, 0.2) is 0 Å². The quantitative estimate of drug-likeness (QED) is 0.188. The summed E-state index contributed by atoms with van der Waals surface area (Å²) < 4.78 is 26.7. The third kappa shape index (κ3) is 15.2. The Bertz CT molecular complexity index is 670. The van der Waals surface area contributed by atoms with Gasteiger partial charge in [0, 0.05) is 19.0 Å². The number of aliphatic carboxylic acids is 1. The Morgan fingerprint density at radius 3 is 1.65 bits per heavy atom. The van der Waals surface area contributed by atoms with Gasteiger partial charge < -0.3 is 44.1 Å². The molecular weight excluding hydrogens is 488 g/mol. The van der Waals surface area contributed by atoms with Gasteiger partial charge in [0.05, 0.1) is 78.6 Å². The van der Waals surface area contributed by atoms with Crippen molar-refractivity contribution in [1.82, 2.24) is 10.2 Å². The fourth-order valence-electron chi connectivity index (χ4n) is 3.66. The Morgan fingerprint density at radius 1 is 0.838 bits per heavy atom. The van der Waals surface area contributed by atoms with Crippen molar-refractivity contribution >= 4 is 17.8 Å². The molecule has 0 aliphatic carbocycles. The van der Waals surface area contributed by atoms with Gasteiger partial charge in [0.15, 0.2) is 0 Å². The normalized spacial score (nSPS) is 18.7. The van der Waals surface area contributed by atoms with E-state index in [2.05, 4.69) is 5.32 Å². The molecule has 0 bridgehead atoms. The zero-order chi connectivity index (χ0) is 27.7. The molecule has 1 saturated heterocycles. The van der Waals surface area contributed by atoms with Crippen molar-refractivity contribution in [3.05, 3.63) is 0 Å². The van der Waals surface area contributed by atoms with Crippen LogP contribution in [-0.2, 0) is 38.1 Å². The van der Waals surface area contributed by atoms with E-state index >= 15 is 0 Å². The summed E-state index contributed by atoms with van der Waals surface area (Å²) in [7, 11) is 0. The number of likely N-dealkylation sites (tertiary alicyclic amines) is 1. The summed E-state index contributed by atoms with van der Waals surface area (Å²) in [5.41, 5.74) is -0.472. The topological polar surface area (TPSA) is 153 Å². The van der Waals surface area contributed by atoms with Crippen molar-refractivity contribution in [3.8, 4) is 0 Å². The van der Waals surface area contributed by atoms with E-state index in [-0.39, 0.29) is 50.5 Å². The van der Waals surface area contributed by atoms with Gasteiger partial charge in [-0.2, -0.15) is 0 Å². The first-order chi connectivity index (χ1) is 17.5. The van der Waals surface area contributed by atoms with Gasteiger partial charge in [-0.05, 0) is 18.8 Å². The molecule has 0 spiro atoms. The molecule has 1 unspecified atom stereocenters. The molecule has 1 aliphatic heterocycles. The first-order valence-corrected chi connectivity index (χ1v) is 12.9. The number of nitrogens with zero attached hydrogens (tertiary/aromatic N) is 1. The van der Waals surface area contributed by atoms with E-state index in [1.807, 2.05) is 27.7 Å². The number of amides is 2. The standard InChI is InChI=1S/C25H46N2O10/c1-19-17-20(28)18-27(19)24(32)23(25(2,3)4)26-21(29)5-7-33-9-11-35-13-15-37-16-14-36-12-10-34-8-6-22(30)31/h19-20,23,28H,5-18H2,1-4H3,(H,26,29)(H,30,31)/t19-,20?,23-/m1/s1.